The molecule has 0 spiro atoms. The fourth-order valence-electron chi connectivity index (χ4n) is 2.77. The van der Waals surface area contributed by atoms with Crippen LogP contribution in [-0.4, -0.2) is 37.0 Å². The lowest BCUT2D eigenvalue weighted by molar-refractivity contribution is -0.140. The van der Waals surface area contributed by atoms with E-state index in [1.807, 2.05) is 0 Å². The molecule has 0 aliphatic carbocycles. The standard InChI is InChI=1S/C13H24N2O.ClH/c1-10(11-7-14-8-11)12(16)15-6-4-5-13(2,3)9-15;/h10-11,14H,4-9H2,1-3H3;1H. The molecule has 17 heavy (non-hydrogen) atoms. The second-order valence-electron chi connectivity index (χ2n) is 6.23. The van der Waals surface area contributed by atoms with Crippen LogP contribution in [0.3, 0.4) is 0 Å². The zero-order valence-corrected chi connectivity index (χ0v) is 12.0. The molecule has 1 N–H and O–H groups in total. The van der Waals surface area contributed by atoms with Crippen LogP contribution < -0.4 is 5.32 Å². The van der Waals surface area contributed by atoms with Crippen molar-refractivity contribution in [2.75, 3.05) is 26.2 Å². The van der Waals surface area contributed by atoms with Crippen LogP contribution in [-0.2, 0) is 4.79 Å². The molecule has 2 aliphatic heterocycles. The fraction of sp³-hybridized carbons (Fsp3) is 0.923. The Morgan fingerprint density at radius 2 is 2.06 bits per heavy atom. The van der Waals surface area contributed by atoms with E-state index in [0.717, 1.165) is 32.6 Å². The maximum absolute atomic E-state index is 12.3. The molecule has 100 valence electrons. The summed E-state index contributed by atoms with van der Waals surface area (Å²) in [6.07, 6.45) is 2.41. The number of likely N-dealkylation sites (tertiary alicyclic amines) is 1. The molecule has 4 heteroatoms. The Labute approximate surface area is 111 Å². The van der Waals surface area contributed by atoms with Gasteiger partial charge in [0.05, 0.1) is 0 Å². The Morgan fingerprint density at radius 3 is 2.53 bits per heavy atom. The first kappa shape index (κ1) is 14.8. The minimum absolute atomic E-state index is 0. The number of amides is 1. The van der Waals surface area contributed by atoms with Crippen molar-refractivity contribution in [2.45, 2.75) is 33.6 Å². The highest BCUT2D eigenvalue weighted by atomic mass is 35.5. The van der Waals surface area contributed by atoms with Crippen LogP contribution in [0.1, 0.15) is 33.6 Å². The summed E-state index contributed by atoms with van der Waals surface area (Å²) >= 11 is 0. The third kappa shape index (κ3) is 3.35. The van der Waals surface area contributed by atoms with Gasteiger partial charge in [0, 0.05) is 19.0 Å². The van der Waals surface area contributed by atoms with Crippen molar-refractivity contribution in [3.05, 3.63) is 0 Å². The van der Waals surface area contributed by atoms with Crippen LogP contribution in [0.25, 0.3) is 0 Å². The summed E-state index contributed by atoms with van der Waals surface area (Å²) in [6, 6.07) is 0. The number of hydrogen-bond acceptors (Lipinski definition) is 2. The monoisotopic (exact) mass is 260 g/mol. The zero-order chi connectivity index (χ0) is 11.8. The van der Waals surface area contributed by atoms with Crippen LogP contribution in [0, 0.1) is 17.3 Å². The zero-order valence-electron chi connectivity index (χ0n) is 11.2. The molecule has 2 aliphatic rings. The van der Waals surface area contributed by atoms with Crippen molar-refractivity contribution >= 4 is 18.3 Å². The molecular weight excluding hydrogens is 236 g/mol. The van der Waals surface area contributed by atoms with Crippen molar-refractivity contribution in [1.29, 1.82) is 0 Å². The summed E-state index contributed by atoms with van der Waals surface area (Å²) in [5.74, 6) is 1.15. The maximum Gasteiger partial charge on any atom is 0.225 e. The van der Waals surface area contributed by atoms with Crippen molar-refractivity contribution in [2.24, 2.45) is 17.3 Å². The minimum Gasteiger partial charge on any atom is -0.342 e. The van der Waals surface area contributed by atoms with Gasteiger partial charge in [0.25, 0.3) is 0 Å². The number of piperidine rings is 1. The van der Waals surface area contributed by atoms with Gasteiger partial charge in [-0.25, -0.2) is 0 Å². The number of halogens is 1. The quantitative estimate of drug-likeness (QED) is 0.823. The molecule has 2 heterocycles. The maximum atomic E-state index is 12.3. The molecule has 2 fully saturated rings. The molecule has 0 aromatic carbocycles. The van der Waals surface area contributed by atoms with E-state index < -0.39 is 0 Å². The van der Waals surface area contributed by atoms with Crippen LogP contribution in [0.5, 0.6) is 0 Å². The second kappa shape index (κ2) is 5.57. The van der Waals surface area contributed by atoms with Crippen LogP contribution in [0.2, 0.25) is 0 Å². The normalized spacial score (nSPS) is 25.7. The van der Waals surface area contributed by atoms with Crippen LogP contribution >= 0.6 is 12.4 Å². The lowest BCUT2D eigenvalue weighted by Crippen LogP contribution is -2.52. The first-order chi connectivity index (χ1) is 7.49. The summed E-state index contributed by atoms with van der Waals surface area (Å²) in [5, 5.41) is 3.25. The first-order valence-corrected chi connectivity index (χ1v) is 6.49. The van der Waals surface area contributed by atoms with E-state index >= 15 is 0 Å². The van der Waals surface area contributed by atoms with Crippen molar-refractivity contribution in [1.82, 2.24) is 10.2 Å². The predicted octanol–water partition coefficient (Wildman–Crippen LogP) is 1.91. The molecule has 2 rings (SSSR count). The van der Waals surface area contributed by atoms with Gasteiger partial charge in [0.2, 0.25) is 5.91 Å². The van der Waals surface area contributed by atoms with Gasteiger partial charge >= 0.3 is 0 Å². The molecule has 0 radical (unpaired) electrons. The van der Waals surface area contributed by atoms with E-state index in [0.29, 0.717) is 17.2 Å². The minimum atomic E-state index is 0. The SMILES string of the molecule is CC(C(=O)N1CCCC(C)(C)C1)C1CNC1.Cl. The summed E-state index contributed by atoms with van der Waals surface area (Å²) in [4.78, 5) is 14.4. The van der Waals surface area contributed by atoms with Gasteiger partial charge < -0.3 is 10.2 Å². The van der Waals surface area contributed by atoms with Gasteiger partial charge in [-0.2, -0.15) is 0 Å². The molecule has 0 bridgehead atoms. The van der Waals surface area contributed by atoms with Crippen LogP contribution in [0.4, 0.5) is 0 Å². The van der Waals surface area contributed by atoms with Gasteiger partial charge in [-0.05, 0) is 37.3 Å². The Morgan fingerprint density at radius 1 is 1.41 bits per heavy atom. The van der Waals surface area contributed by atoms with Crippen molar-refractivity contribution in [3.63, 3.8) is 0 Å². The number of nitrogens with one attached hydrogen (secondary N) is 1. The average Bonchev–Trinajstić information content (AvgIpc) is 2.12. The highest BCUT2D eigenvalue weighted by molar-refractivity contribution is 5.85. The van der Waals surface area contributed by atoms with Crippen molar-refractivity contribution in [3.8, 4) is 0 Å². The van der Waals surface area contributed by atoms with Gasteiger partial charge in [-0.3, -0.25) is 4.79 Å². The molecule has 2 saturated heterocycles. The molecule has 0 aromatic rings. The van der Waals surface area contributed by atoms with E-state index in [2.05, 4.69) is 31.0 Å². The number of nitrogens with zero attached hydrogens (tertiary/aromatic N) is 1. The summed E-state index contributed by atoms with van der Waals surface area (Å²) in [5.41, 5.74) is 0.311. The Bertz CT molecular complexity index is 277. The molecule has 0 saturated carbocycles. The smallest absolute Gasteiger partial charge is 0.225 e. The van der Waals surface area contributed by atoms with Gasteiger partial charge in [0.1, 0.15) is 0 Å². The van der Waals surface area contributed by atoms with Gasteiger partial charge in [-0.15, -0.1) is 12.4 Å². The third-order valence-corrected chi connectivity index (χ3v) is 4.12. The third-order valence-electron chi connectivity index (χ3n) is 4.12. The number of rotatable bonds is 2. The summed E-state index contributed by atoms with van der Waals surface area (Å²) in [6.45, 7) is 10.6. The van der Waals surface area contributed by atoms with Crippen molar-refractivity contribution < 1.29 is 4.79 Å². The molecule has 3 nitrogen and oxygen atoms in total. The average molecular weight is 261 g/mol. The molecule has 1 amide bonds. The summed E-state index contributed by atoms with van der Waals surface area (Å²) in [7, 11) is 0. The van der Waals surface area contributed by atoms with Gasteiger partial charge in [0.15, 0.2) is 0 Å². The fourth-order valence-corrected chi connectivity index (χ4v) is 2.77. The van der Waals surface area contributed by atoms with Gasteiger partial charge in [-0.1, -0.05) is 20.8 Å². The van der Waals surface area contributed by atoms with E-state index in [1.54, 1.807) is 0 Å². The lowest BCUT2D eigenvalue weighted by atomic mass is 9.82. The topological polar surface area (TPSA) is 32.3 Å². The van der Waals surface area contributed by atoms with E-state index in [9.17, 15) is 4.79 Å². The molecule has 0 aromatic heterocycles. The van der Waals surface area contributed by atoms with E-state index in [4.69, 9.17) is 0 Å². The number of carbonyl (C=O) groups is 1. The largest absolute Gasteiger partial charge is 0.342 e. The second-order valence-corrected chi connectivity index (χ2v) is 6.23. The molecule has 1 atom stereocenters. The lowest BCUT2D eigenvalue weighted by Gasteiger charge is -2.41. The molecular formula is C13H25ClN2O. The predicted molar refractivity (Wildman–Crippen MR) is 72.4 cm³/mol. The van der Waals surface area contributed by atoms with E-state index in [1.165, 1.54) is 6.42 Å². The van der Waals surface area contributed by atoms with E-state index in [-0.39, 0.29) is 18.3 Å². The molecule has 1 unspecified atom stereocenters. The number of carbonyl (C=O) groups excluding carboxylic acids is 1. The Kier molecular flexibility index (Phi) is 4.85. The Hall–Kier alpha value is -0.280. The Balaban J connectivity index is 0.00000144. The first-order valence-electron chi connectivity index (χ1n) is 6.49. The highest BCUT2D eigenvalue weighted by Gasteiger charge is 2.35. The highest BCUT2D eigenvalue weighted by Crippen LogP contribution is 2.30. The van der Waals surface area contributed by atoms with Crippen LogP contribution in [0.15, 0.2) is 0 Å². The summed E-state index contributed by atoms with van der Waals surface area (Å²) < 4.78 is 0. The number of hydrogen-bond donors (Lipinski definition) is 1.